The van der Waals surface area contributed by atoms with Gasteiger partial charge >= 0.3 is 5.97 Å². The Labute approximate surface area is 135 Å². The van der Waals surface area contributed by atoms with Crippen LogP contribution in [0.3, 0.4) is 0 Å². The fraction of sp³-hybridized carbons (Fsp3) is 0.471. The molecule has 1 aliphatic rings. The fourth-order valence-corrected chi connectivity index (χ4v) is 2.64. The Balaban J connectivity index is 2.15. The number of nitriles is 1. The molecular weight excluding hydrogens is 296 g/mol. The van der Waals surface area contributed by atoms with E-state index in [0.717, 1.165) is 0 Å². The molecule has 1 fully saturated rings. The van der Waals surface area contributed by atoms with Crippen molar-refractivity contribution in [3.8, 4) is 6.07 Å². The molecule has 6 nitrogen and oxygen atoms in total. The van der Waals surface area contributed by atoms with Gasteiger partial charge in [0.25, 0.3) is 0 Å². The Morgan fingerprint density at radius 3 is 2.48 bits per heavy atom. The average Bonchev–Trinajstić information content (AvgIpc) is 2.60. The molecule has 23 heavy (non-hydrogen) atoms. The lowest BCUT2D eigenvalue weighted by atomic mass is 9.79. The molecule has 0 aromatic heterocycles. The zero-order valence-electron chi connectivity index (χ0n) is 13.0. The van der Waals surface area contributed by atoms with E-state index in [2.05, 4.69) is 11.4 Å². The van der Waals surface area contributed by atoms with Gasteiger partial charge in [-0.05, 0) is 25.3 Å². The van der Waals surface area contributed by atoms with Crippen LogP contribution in [-0.2, 0) is 19.7 Å². The number of hydrogen-bond acceptors (Lipinski definition) is 4. The molecule has 0 spiro atoms. The topological polar surface area (TPSA) is 99.4 Å². The number of hydrogen-bond donors (Lipinski definition) is 2. The first kappa shape index (κ1) is 17.0. The number of amides is 1. The summed E-state index contributed by atoms with van der Waals surface area (Å²) in [4.78, 5) is 24.2. The highest BCUT2D eigenvalue weighted by atomic mass is 16.5. The largest absolute Gasteiger partial charge is 0.481 e. The molecular formula is C17H20N2O4. The fourth-order valence-electron chi connectivity index (χ4n) is 2.64. The van der Waals surface area contributed by atoms with Crippen molar-refractivity contribution >= 4 is 11.9 Å². The van der Waals surface area contributed by atoms with Crippen LogP contribution in [0, 0.1) is 16.7 Å². The number of nitrogens with one attached hydrogen (secondary N) is 1. The number of carbonyl (C=O) groups is 2. The summed E-state index contributed by atoms with van der Waals surface area (Å²) in [5.41, 5.74) is -1.78. The van der Waals surface area contributed by atoms with Gasteiger partial charge in [0.1, 0.15) is 10.8 Å². The standard InChI is InChI=1S/C17H20N2O4/c1-16(15(21)22,13-5-3-2-4-6-13)12-19-14(20)17(11-18)7-9-23-10-8-17/h2-6H,7-10,12H2,1H3,(H,19,20)(H,21,22). The number of carbonyl (C=O) groups excluding carboxylic acids is 1. The summed E-state index contributed by atoms with van der Waals surface area (Å²) in [5.74, 6) is -1.45. The quantitative estimate of drug-likeness (QED) is 0.857. The predicted molar refractivity (Wildman–Crippen MR) is 82.5 cm³/mol. The Kier molecular flexibility index (Phi) is 5.02. The van der Waals surface area contributed by atoms with Crippen LogP contribution >= 0.6 is 0 Å². The first-order chi connectivity index (χ1) is 10.9. The Morgan fingerprint density at radius 1 is 1.35 bits per heavy atom. The predicted octanol–water partition coefficient (Wildman–Crippen LogP) is 1.47. The third-order valence-corrected chi connectivity index (χ3v) is 4.48. The van der Waals surface area contributed by atoms with Gasteiger partial charge in [-0.3, -0.25) is 9.59 Å². The Bertz CT molecular complexity index is 617. The first-order valence-corrected chi connectivity index (χ1v) is 7.51. The average molecular weight is 316 g/mol. The van der Waals surface area contributed by atoms with Crippen LogP contribution in [0.5, 0.6) is 0 Å². The summed E-state index contributed by atoms with van der Waals surface area (Å²) < 4.78 is 5.20. The van der Waals surface area contributed by atoms with E-state index in [9.17, 15) is 20.0 Å². The molecule has 1 saturated heterocycles. The van der Waals surface area contributed by atoms with Crippen molar-refractivity contribution in [1.29, 1.82) is 5.26 Å². The van der Waals surface area contributed by atoms with E-state index in [1.165, 1.54) is 0 Å². The minimum atomic E-state index is -1.25. The highest BCUT2D eigenvalue weighted by molar-refractivity contribution is 5.87. The molecule has 2 rings (SSSR count). The van der Waals surface area contributed by atoms with Crippen molar-refractivity contribution in [3.63, 3.8) is 0 Å². The van der Waals surface area contributed by atoms with Crippen molar-refractivity contribution in [2.24, 2.45) is 5.41 Å². The molecule has 6 heteroatoms. The van der Waals surface area contributed by atoms with E-state index >= 15 is 0 Å². The molecule has 0 saturated carbocycles. The zero-order valence-corrected chi connectivity index (χ0v) is 13.0. The maximum absolute atomic E-state index is 12.5. The van der Waals surface area contributed by atoms with E-state index in [1.807, 2.05) is 0 Å². The van der Waals surface area contributed by atoms with Crippen molar-refractivity contribution in [2.75, 3.05) is 19.8 Å². The van der Waals surface area contributed by atoms with Crippen molar-refractivity contribution < 1.29 is 19.4 Å². The first-order valence-electron chi connectivity index (χ1n) is 7.51. The van der Waals surface area contributed by atoms with Gasteiger partial charge in [0.05, 0.1) is 6.07 Å². The van der Waals surface area contributed by atoms with Crippen LogP contribution in [0.15, 0.2) is 30.3 Å². The van der Waals surface area contributed by atoms with Gasteiger partial charge in [-0.1, -0.05) is 30.3 Å². The minimum absolute atomic E-state index is 0.0739. The molecule has 0 bridgehead atoms. The number of aliphatic carboxylic acids is 1. The second kappa shape index (κ2) is 6.80. The smallest absolute Gasteiger partial charge is 0.315 e. The highest BCUT2D eigenvalue weighted by Crippen LogP contribution is 2.30. The molecule has 1 atom stereocenters. The zero-order chi connectivity index (χ0) is 16.9. The number of carboxylic acids is 1. The van der Waals surface area contributed by atoms with Gasteiger partial charge in [-0.25, -0.2) is 0 Å². The third-order valence-electron chi connectivity index (χ3n) is 4.48. The van der Waals surface area contributed by atoms with Crippen LogP contribution in [0.2, 0.25) is 0 Å². The third kappa shape index (κ3) is 3.35. The highest BCUT2D eigenvalue weighted by Gasteiger charge is 2.42. The summed E-state index contributed by atoms with van der Waals surface area (Å²) in [5, 5.41) is 21.6. The normalized spacial score (nSPS) is 19.1. The van der Waals surface area contributed by atoms with E-state index in [4.69, 9.17) is 4.74 Å². The lowest BCUT2D eigenvalue weighted by molar-refractivity contribution is -0.143. The summed E-state index contributed by atoms with van der Waals surface area (Å²) >= 11 is 0. The molecule has 1 unspecified atom stereocenters. The monoisotopic (exact) mass is 316 g/mol. The SMILES string of the molecule is CC(CNC(=O)C1(C#N)CCOCC1)(C(=O)O)c1ccccc1. The number of ether oxygens (including phenoxy) is 1. The summed E-state index contributed by atoms with van der Waals surface area (Å²) in [6.07, 6.45) is 0.648. The maximum Gasteiger partial charge on any atom is 0.315 e. The van der Waals surface area contributed by atoms with Gasteiger partial charge in [0.15, 0.2) is 0 Å². The Morgan fingerprint density at radius 2 is 1.96 bits per heavy atom. The van der Waals surface area contributed by atoms with Gasteiger partial charge in [0.2, 0.25) is 5.91 Å². The van der Waals surface area contributed by atoms with Crippen LogP contribution in [0.4, 0.5) is 0 Å². The molecule has 1 amide bonds. The number of rotatable bonds is 5. The molecule has 1 heterocycles. The molecule has 0 radical (unpaired) electrons. The molecule has 1 aromatic rings. The summed E-state index contributed by atoms with van der Waals surface area (Å²) in [6.45, 7) is 2.20. The van der Waals surface area contributed by atoms with E-state index in [1.54, 1.807) is 37.3 Å². The molecule has 2 N–H and O–H groups in total. The summed E-state index contributed by atoms with van der Waals surface area (Å²) in [7, 11) is 0. The van der Waals surface area contributed by atoms with Gasteiger partial charge in [-0.15, -0.1) is 0 Å². The number of nitrogens with zero attached hydrogens (tertiary/aromatic N) is 1. The second-order valence-corrected chi connectivity index (χ2v) is 5.99. The minimum Gasteiger partial charge on any atom is -0.481 e. The van der Waals surface area contributed by atoms with Crippen LogP contribution < -0.4 is 5.32 Å². The van der Waals surface area contributed by atoms with Gasteiger partial charge in [0, 0.05) is 19.8 Å². The number of carboxylic acid groups (broad SMARTS) is 1. The molecule has 1 aliphatic heterocycles. The van der Waals surface area contributed by atoms with Crippen molar-refractivity contribution in [2.45, 2.75) is 25.2 Å². The van der Waals surface area contributed by atoms with Crippen LogP contribution in [-0.4, -0.2) is 36.7 Å². The van der Waals surface area contributed by atoms with E-state index < -0.39 is 22.7 Å². The van der Waals surface area contributed by atoms with Crippen LogP contribution in [0.25, 0.3) is 0 Å². The lowest BCUT2D eigenvalue weighted by Gasteiger charge is -2.31. The molecule has 1 aromatic carbocycles. The number of benzene rings is 1. The van der Waals surface area contributed by atoms with Gasteiger partial charge < -0.3 is 15.2 Å². The second-order valence-electron chi connectivity index (χ2n) is 5.99. The van der Waals surface area contributed by atoms with Crippen molar-refractivity contribution in [1.82, 2.24) is 5.32 Å². The lowest BCUT2D eigenvalue weighted by Crippen LogP contribution is -2.50. The van der Waals surface area contributed by atoms with Gasteiger partial charge in [-0.2, -0.15) is 5.26 Å². The summed E-state index contributed by atoms with van der Waals surface area (Å²) in [6, 6.07) is 10.8. The van der Waals surface area contributed by atoms with E-state index in [0.29, 0.717) is 31.6 Å². The van der Waals surface area contributed by atoms with Crippen LogP contribution in [0.1, 0.15) is 25.3 Å². The maximum atomic E-state index is 12.5. The van der Waals surface area contributed by atoms with E-state index in [-0.39, 0.29) is 6.54 Å². The Hall–Kier alpha value is -2.39. The molecule has 122 valence electrons. The molecule has 0 aliphatic carbocycles. The van der Waals surface area contributed by atoms with Crippen molar-refractivity contribution in [3.05, 3.63) is 35.9 Å².